The summed E-state index contributed by atoms with van der Waals surface area (Å²) >= 11 is 0. The van der Waals surface area contributed by atoms with Crippen LogP contribution >= 0.6 is 0 Å². The monoisotopic (exact) mass is 225 g/mol. The molecular weight excluding hydrogens is 194 g/mol. The van der Waals surface area contributed by atoms with Gasteiger partial charge < -0.3 is 5.32 Å². The van der Waals surface area contributed by atoms with Gasteiger partial charge in [0.15, 0.2) is 0 Å². The van der Waals surface area contributed by atoms with Gasteiger partial charge in [-0.25, -0.2) is 0 Å². The highest BCUT2D eigenvalue weighted by Crippen LogP contribution is 2.35. The van der Waals surface area contributed by atoms with Gasteiger partial charge in [-0.05, 0) is 50.0 Å². The smallest absolute Gasteiger partial charge is 0.00644 e. The minimum absolute atomic E-state index is 0.764. The lowest BCUT2D eigenvalue weighted by molar-refractivity contribution is 0.193. The third-order valence-corrected chi connectivity index (χ3v) is 4.62. The van der Waals surface area contributed by atoms with Crippen LogP contribution < -0.4 is 5.32 Å². The Morgan fingerprint density at radius 2 is 1.88 bits per heavy atom. The van der Waals surface area contributed by atoms with Gasteiger partial charge in [-0.1, -0.05) is 40.5 Å². The van der Waals surface area contributed by atoms with Crippen molar-refractivity contribution < 1.29 is 0 Å². The molecule has 1 aliphatic rings. The first kappa shape index (κ1) is 14.0. The molecule has 0 bridgehead atoms. The standard InChI is InChI=1S/C15H31N/c1-5-15(16-6-2)10-9-14-8-7-12(3)13(4)11-14/h12-16H,5-11H2,1-4H3. The Morgan fingerprint density at radius 1 is 1.12 bits per heavy atom. The third-order valence-electron chi connectivity index (χ3n) is 4.62. The first-order valence-corrected chi connectivity index (χ1v) is 7.40. The minimum Gasteiger partial charge on any atom is -0.314 e. The Balaban J connectivity index is 2.21. The first-order chi connectivity index (χ1) is 7.67. The fourth-order valence-electron chi connectivity index (χ4n) is 3.10. The summed E-state index contributed by atoms with van der Waals surface area (Å²) in [7, 11) is 0. The maximum atomic E-state index is 3.59. The second kappa shape index (κ2) is 7.32. The third kappa shape index (κ3) is 4.45. The minimum atomic E-state index is 0.764. The zero-order valence-corrected chi connectivity index (χ0v) is 11.8. The van der Waals surface area contributed by atoms with Crippen molar-refractivity contribution in [3.05, 3.63) is 0 Å². The zero-order chi connectivity index (χ0) is 12.0. The number of hydrogen-bond acceptors (Lipinski definition) is 1. The van der Waals surface area contributed by atoms with Crippen LogP contribution in [0.5, 0.6) is 0 Å². The summed E-state index contributed by atoms with van der Waals surface area (Å²) in [6.07, 6.45) is 8.53. The molecule has 1 rings (SSSR count). The highest BCUT2D eigenvalue weighted by atomic mass is 14.9. The average molecular weight is 225 g/mol. The molecule has 1 fully saturated rings. The molecule has 0 aliphatic heterocycles. The molecule has 1 saturated carbocycles. The van der Waals surface area contributed by atoms with Crippen LogP contribution in [0, 0.1) is 17.8 Å². The van der Waals surface area contributed by atoms with Gasteiger partial charge in [0.25, 0.3) is 0 Å². The molecule has 0 heterocycles. The number of hydrogen-bond donors (Lipinski definition) is 1. The average Bonchev–Trinajstić information content (AvgIpc) is 2.28. The molecule has 4 atom stereocenters. The van der Waals surface area contributed by atoms with E-state index in [2.05, 4.69) is 33.0 Å². The summed E-state index contributed by atoms with van der Waals surface area (Å²) in [6.45, 7) is 10.5. The predicted octanol–water partition coefficient (Wildman–Crippen LogP) is 4.23. The van der Waals surface area contributed by atoms with Crippen molar-refractivity contribution >= 4 is 0 Å². The molecule has 1 nitrogen and oxygen atoms in total. The molecule has 1 heteroatoms. The molecule has 0 amide bonds. The van der Waals surface area contributed by atoms with E-state index in [0.29, 0.717) is 0 Å². The van der Waals surface area contributed by atoms with Crippen LogP contribution in [0.4, 0.5) is 0 Å². The molecule has 0 radical (unpaired) electrons. The summed E-state index contributed by atoms with van der Waals surface area (Å²) in [4.78, 5) is 0. The summed E-state index contributed by atoms with van der Waals surface area (Å²) in [5, 5.41) is 3.59. The molecule has 16 heavy (non-hydrogen) atoms. The van der Waals surface area contributed by atoms with Crippen molar-refractivity contribution in [1.82, 2.24) is 5.32 Å². The highest BCUT2D eigenvalue weighted by molar-refractivity contribution is 4.77. The summed E-state index contributed by atoms with van der Waals surface area (Å²) in [6, 6.07) is 0.764. The largest absolute Gasteiger partial charge is 0.314 e. The van der Waals surface area contributed by atoms with E-state index in [1.54, 1.807) is 0 Å². The van der Waals surface area contributed by atoms with E-state index < -0.39 is 0 Å². The van der Waals surface area contributed by atoms with Gasteiger partial charge in [-0.15, -0.1) is 0 Å². The fraction of sp³-hybridized carbons (Fsp3) is 1.00. The number of rotatable bonds is 6. The predicted molar refractivity (Wildman–Crippen MR) is 72.7 cm³/mol. The van der Waals surface area contributed by atoms with Crippen LogP contribution in [0.25, 0.3) is 0 Å². The van der Waals surface area contributed by atoms with E-state index in [0.717, 1.165) is 30.3 Å². The van der Waals surface area contributed by atoms with Crippen LogP contribution in [0.15, 0.2) is 0 Å². The quantitative estimate of drug-likeness (QED) is 0.713. The van der Waals surface area contributed by atoms with E-state index >= 15 is 0 Å². The highest BCUT2D eigenvalue weighted by Gasteiger charge is 2.24. The summed E-state index contributed by atoms with van der Waals surface area (Å²) in [5.74, 6) is 2.93. The van der Waals surface area contributed by atoms with Crippen LogP contribution in [-0.2, 0) is 0 Å². The van der Waals surface area contributed by atoms with E-state index in [9.17, 15) is 0 Å². The van der Waals surface area contributed by atoms with E-state index in [4.69, 9.17) is 0 Å². The fourth-order valence-corrected chi connectivity index (χ4v) is 3.10. The van der Waals surface area contributed by atoms with Crippen molar-refractivity contribution in [3.8, 4) is 0 Å². The Hall–Kier alpha value is -0.0400. The van der Waals surface area contributed by atoms with Crippen molar-refractivity contribution in [3.63, 3.8) is 0 Å². The molecule has 96 valence electrons. The molecule has 0 aromatic heterocycles. The molecule has 4 unspecified atom stereocenters. The Morgan fingerprint density at radius 3 is 2.44 bits per heavy atom. The van der Waals surface area contributed by atoms with Gasteiger partial charge >= 0.3 is 0 Å². The molecule has 0 aromatic rings. The van der Waals surface area contributed by atoms with Crippen LogP contribution in [-0.4, -0.2) is 12.6 Å². The van der Waals surface area contributed by atoms with Crippen molar-refractivity contribution in [2.45, 2.75) is 72.3 Å². The van der Waals surface area contributed by atoms with Crippen LogP contribution in [0.1, 0.15) is 66.2 Å². The van der Waals surface area contributed by atoms with Gasteiger partial charge in [0.1, 0.15) is 0 Å². The van der Waals surface area contributed by atoms with Gasteiger partial charge in [0.2, 0.25) is 0 Å². The second-order valence-electron chi connectivity index (χ2n) is 5.87. The molecule has 0 aromatic carbocycles. The Kier molecular flexibility index (Phi) is 6.41. The van der Waals surface area contributed by atoms with Gasteiger partial charge in [-0.3, -0.25) is 0 Å². The summed E-state index contributed by atoms with van der Waals surface area (Å²) in [5.41, 5.74) is 0. The molecule has 0 spiro atoms. The van der Waals surface area contributed by atoms with Crippen LogP contribution in [0.3, 0.4) is 0 Å². The Labute approximate surface area is 102 Å². The van der Waals surface area contributed by atoms with Crippen LogP contribution in [0.2, 0.25) is 0 Å². The normalized spacial score (nSPS) is 32.6. The second-order valence-corrected chi connectivity index (χ2v) is 5.87. The zero-order valence-electron chi connectivity index (χ0n) is 11.8. The van der Waals surface area contributed by atoms with E-state index in [-0.39, 0.29) is 0 Å². The molecule has 1 N–H and O–H groups in total. The lowest BCUT2D eigenvalue weighted by atomic mass is 9.74. The summed E-state index contributed by atoms with van der Waals surface area (Å²) < 4.78 is 0. The van der Waals surface area contributed by atoms with Gasteiger partial charge in [0, 0.05) is 6.04 Å². The lowest BCUT2D eigenvalue weighted by Gasteiger charge is -2.32. The topological polar surface area (TPSA) is 12.0 Å². The number of nitrogens with one attached hydrogen (secondary N) is 1. The first-order valence-electron chi connectivity index (χ1n) is 7.40. The Bertz CT molecular complexity index is 178. The van der Waals surface area contributed by atoms with E-state index in [1.807, 2.05) is 0 Å². The van der Waals surface area contributed by atoms with Crippen molar-refractivity contribution in [2.75, 3.05) is 6.54 Å². The molecule has 0 saturated heterocycles. The van der Waals surface area contributed by atoms with Crippen molar-refractivity contribution in [2.24, 2.45) is 17.8 Å². The lowest BCUT2D eigenvalue weighted by Crippen LogP contribution is -2.29. The van der Waals surface area contributed by atoms with E-state index in [1.165, 1.54) is 38.5 Å². The molecular formula is C15H31N. The molecule has 1 aliphatic carbocycles. The maximum absolute atomic E-state index is 3.59. The van der Waals surface area contributed by atoms with Crippen molar-refractivity contribution in [1.29, 1.82) is 0 Å². The maximum Gasteiger partial charge on any atom is 0.00644 e. The van der Waals surface area contributed by atoms with Gasteiger partial charge in [-0.2, -0.15) is 0 Å². The van der Waals surface area contributed by atoms with Gasteiger partial charge in [0.05, 0.1) is 0 Å². The SMILES string of the molecule is CCNC(CC)CCC1CCC(C)C(C)C1.